The first kappa shape index (κ1) is 22.7. The van der Waals surface area contributed by atoms with Gasteiger partial charge in [-0.15, -0.1) is 0 Å². The smallest absolute Gasteiger partial charge is 0.279 e. The summed E-state index contributed by atoms with van der Waals surface area (Å²) < 4.78 is 5.77. The summed E-state index contributed by atoms with van der Waals surface area (Å²) in [6, 6.07) is 10.3. The highest BCUT2D eigenvalue weighted by molar-refractivity contribution is 9.10. The summed E-state index contributed by atoms with van der Waals surface area (Å²) in [4.78, 5) is 24.5. The molecule has 0 radical (unpaired) electrons. The van der Waals surface area contributed by atoms with Crippen molar-refractivity contribution in [3.05, 3.63) is 86.0 Å². The fourth-order valence-electron chi connectivity index (χ4n) is 2.17. The van der Waals surface area contributed by atoms with E-state index in [4.69, 9.17) is 11.5 Å². The lowest BCUT2D eigenvalue weighted by molar-refractivity contribution is 0.724. The number of H-pyrrole nitrogens is 1. The van der Waals surface area contributed by atoms with Gasteiger partial charge in [-0.1, -0.05) is 0 Å². The summed E-state index contributed by atoms with van der Waals surface area (Å²) >= 11 is 3.20. The van der Waals surface area contributed by atoms with Crippen LogP contribution in [0.25, 0.3) is 5.82 Å². The number of anilines is 2. The molecule has 0 amide bonds. The maximum absolute atomic E-state index is 11.7. The van der Waals surface area contributed by atoms with Gasteiger partial charge in [-0.05, 0) is 53.2 Å². The molecule has 0 aliphatic carbocycles. The Balaban J connectivity index is 0.000000179. The van der Waals surface area contributed by atoms with E-state index in [1.165, 1.54) is 4.57 Å². The zero-order chi connectivity index (χ0) is 22.3. The second kappa shape index (κ2) is 10.3. The molecular formula is C19H23BrN8O2. The maximum atomic E-state index is 11.7. The lowest BCUT2D eigenvalue weighted by atomic mass is 10.4. The Bertz CT molecular complexity index is 1190. The van der Waals surface area contributed by atoms with Crippen LogP contribution in [0.15, 0.2) is 69.2 Å². The number of hydrogen-bond acceptors (Lipinski definition) is 6. The Morgan fingerprint density at radius 1 is 1.00 bits per heavy atom. The van der Waals surface area contributed by atoms with E-state index >= 15 is 0 Å². The van der Waals surface area contributed by atoms with Gasteiger partial charge in [-0.3, -0.25) is 23.5 Å². The molecule has 4 rings (SSSR count). The molecule has 30 heavy (non-hydrogen) atoms. The largest absolute Gasteiger partial charge is 0.394 e. The molecule has 0 saturated carbocycles. The fourth-order valence-corrected chi connectivity index (χ4v) is 2.54. The molecule has 0 aliphatic heterocycles. The quantitative estimate of drug-likeness (QED) is 0.382. The standard InChI is InChI=1S/C10H12N4O.C5H6N2O.C4H5BrN2/c1-7-6-9(12-13(7)2)14-5-3-4-8(11)10(14)15;6-4-2-1-3-7-5(4)8;1-7-3-2-4(5)6-7/h3-6H,11H2,1-2H3;1-3H,6H2,(H,7,8);2-3H,1H3. The molecule has 10 nitrogen and oxygen atoms in total. The van der Waals surface area contributed by atoms with Gasteiger partial charge in [-0.25, -0.2) is 0 Å². The summed E-state index contributed by atoms with van der Waals surface area (Å²) in [6.07, 6.45) is 5.07. The Kier molecular flexibility index (Phi) is 7.76. The zero-order valence-electron chi connectivity index (χ0n) is 16.8. The van der Waals surface area contributed by atoms with Crippen molar-refractivity contribution in [1.82, 2.24) is 29.1 Å². The van der Waals surface area contributed by atoms with Crippen LogP contribution in [0.4, 0.5) is 11.4 Å². The minimum absolute atomic E-state index is 0.223. The van der Waals surface area contributed by atoms with Gasteiger partial charge in [0.2, 0.25) is 0 Å². The molecule has 4 heterocycles. The van der Waals surface area contributed by atoms with Crippen LogP contribution < -0.4 is 22.6 Å². The van der Waals surface area contributed by atoms with Crippen LogP contribution in [0, 0.1) is 6.92 Å². The van der Waals surface area contributed by atoms with Crippen LogP contribution in [-0.4, -0.2) is 29.1 Å². The number of aryl methyl sites for hydroxylation is 3. The van der Waals surface area contributed by atoms with E-state index < -0.39 is 0 Å². The van der Waals surface area contributed by atoms with Crippen molar-refractivity contribution in [1.29, 1.82) is 0 Å². The summed E-state index contributed by atoms with van der Waals surface area (Å²) in [7, 11) is 3.71. The summed E-state index contributed by atoms with van der Waals surface area (Å²) in [5.74, 6) is 0.590. The average Bonchev–Trinajstić information content (AvgIpc) is 3.25. The summed E-state index contributed by atoms with van der Waals surface area (Å²) in [5, 5.41) is 8.15. The Morgan fingerprint density at radius 3 is 2.13 bits per heavy atom. The number of aromatic amines is 1. The molecule has 0 aliphatic rings. The van der Waals surface area contributed by atoms with E-state index in [-0.39, 0.29) is 22.5 Å². The molecule has 0 spiro atoms. The molecule has 0 bridgehead atoms. The van der Waals surface area contributed by atoms with E-state index in [1.54, 1.807) is 46.0 Å². The van der Waals surface area contributed by atoms with Gasteiger partial charge >= 0.3 is 0 Å². The van der Waals surface area contributed by atoms with E-state index in [9.17, 15) is 9.59 Å². The first-order valence-corrected chi connectivity index (χ1v) is 9.55. The Morgan fingerprint density at radius 2 is 1.70 bits per heavy atom. The zero-order valence-corrected chi connectivity index (χ0v) is 18.4. The Hall–Kier alpha value is -3.60. The van der Waals surface area contributed by atoms with Crippen molar-refractivity contribution in [2.45, 2.75) is 6.92 Å². The predicted octanol–water partition coefficient (Wildman–Crippen LogP) is 1.60. The maximum Gasteiger partial charge on any atom is 0.279 e. The molecule has 0 aromatic carbocycles. The van der Waals surface area contributed by atoms with E-state index in [1.807, 2.05) is 39.3 Å². The number of rotatable bonds is 1. The fraction of sp³-hybridized carbons (Fsp3) is 0.158. The number of aromatic nitrogens is 6. The van der Waals surface area contributed by atoms with Crippen molar-refractivity contribution in [3.8, 4) is 5.82 Å². The molecule has 4 aromatic rings. The molecule has 0 fully saturated rings. The van der Waals surface area contributed by atoms with Crippen LogP contribution in [-0.2, 0) is 14.1 Å². The minimum Gasteiger partial charge on any atom is -0.394 e. The highest BCUT2D eigenvalue weighted by Gasteiger charge is 2.06. The van der Waals surface area contributed by atoms with Crippen LogP contribution >= 0.6 is 15.9 Å². The van der Waals surface area contributed by atoms with Crippen molar-refractivity contribution < 1.29 is 0 Å². The molecule has 5 N–H and O–H groups in total. The topological polar surface area (TPSA) is 143 Å². The van der Waals surface area contributed by atoms with Crippen LogP contribution in [0.3, 0.4) is 0 Å². The van der Waals surface area contributed by atoms with Crippen molar-refractivity contribution >= 4 is 27.3 Å². The Labute approximate surface area is 180 Å². The number of nitrogen functional groups attached to an aromatic ring is 2. The molecule has 0 saturated heterocycles. The monoisotopic (exact) mass is 474 g/mol. The second-order valence-corrected chi connectivity index (χ2v) is 6.99. The first-order chi connectivity index (χ1) is 14.2. The first-order valence-electron chi connectivity index (χ1n) is 8.75. The van der Waals surface area contributed by atoms with Crippen LogP contribution in [0.5, 0.6) is 0 Å². The number of pyridine rings is 2. The lowest BCUT2D eigenvalue weighted by Crippen LogP contribution is -2.20. The summed E-state index contributed by atoms with van der Waals surface area (Å²) in [5.41, 5.74) is 11.7. The predicted molar refractivity (Wildman–Crippen MR) is 120 cm³/mol. The van der Waals surface area contributed by atoms with Crippen molar-refractivity contribution in [2.24, 2.45) is 14.1 Å². The second-order valence-electron chi connectivity index (χ2n) is 6.17. The van der Waals surface area contributed by atoms with Gasteiger partial charge < -0.3 is 16.5 Å². The minimum atomic E-state index is -0.240. The lowest BCUT2D eigenvalue weighted by Gasteiger charge is -2.01. The molecule has 0 atom stereocenters. The summed E-state index contributed by atoms with van der Waals surface area (Å²) in [6.45, 7) is 1.92. The van der Waals surface area contributed by atoms with Crippen LogP contribution in [0.2, 0.25) is 0 Å². The number of nitrogens with zero attached hydrogens (tertiary/aromatic N) is 5. The number of halogens is 1. The SMILES string of the molecule is Cc1cc(-n2cccc(N)c2=O)nn1C.Cn1ccc(Br)n1.Nc1ccc[nH]c1=O. The normalized spacial score (nSPS) is 9.87. The molecule has 4 aromatic heterocycles. The molecule has 11 heteroatoms. The van der Waals surface area contributed by atoms with Crippen LogP contribution in [0.1, 0.15) is 5.69 Å². The van der Waals surface area contributed by atoms with E-state index in [0.717, 1.165) is 10.3 Å². The third-order valence-corrected chi connectivity index (χ3v) is 4.28. The van der Waals surface area contributed by atoms with E-state index in [0.29, 0.717) is 5.82 Å². The third kappa shape index (κ3) is 6.21. The van der Waals surface area contributed by atoms with Gasteiger partial charge in [0, 0.05) is 44.4 Å². The van der Waals surface area contributed by atoms with Gasteiger partial charge in [0.25, 0.3) is 11.1 Å². The molecular weight excluding hydrogens is 452 g/mol. The number of hydrogen-bond donors (Lipinski definition) is 3. The van der Waals surface area contributed by atoms with Gasteiger partial charge in [0.1, 0.15) is 4.60 Å². The molecule has 158 valence electrons. The van der Waals surface area contributed by atoms with Gasteiger partial charge in [-0.2, -0.15) is 10.2 Å². The highest BCUT2D eigenvalue weighted by Crippen LogP contribution is 2.06. The highest BCUT2D eigenvalue weighted by atomic mass is 79.9. The van der Waals surface area contributed by atoms with Crippen molar-refractivity contribution in [2.75, 3.05) is 11.5 Å². The van der Waals surface area contributed by atoms with E-state index in [2.05, 4.69) is 31.1 Å². The van der Waals surface area contributed by atoms with Gasteiger partial charge in [0.15, 0.2) is 5.82 Å². The number of nitrogens with two attached hydrogens (primary N) is 2. The van der Waals surface area contributed by atoms with Gasteiger partial charge in [0.05, 0.1) is 11.4 Å². The molecule has 0 unspecified atom stereocenters. The van der Waals surface area contributed by atoms with Crippen molar-refractivity contribution in [3.63, 3.8) is 0 Å². The number of nitrogens with one attached hydrogen (secondary N) is 1. The average molecular weight is 475 g/mol. The third-order valence-electron chi connectivity index (χ3n) is 3.85.